The predicted molar refractivity (Wildman–Crippen MR) is 134 cm³/mol. The second-order valence-electron chi connectivity index (χ2n) is 8.89. The molecule has 1 N–H and O–H groups in total. The van der Waals surface area contributed by atoms with E-state index in [0.29, 0.717) is 29.4 Å². The first-order valence-corrected chi connectivity index (χ1v) is 12.5. The fourth-order valence-electron chi connectivity index (χ4n) is 5.09. The SMILES string of the molecule is O=C1CCC(N2Cc3c(CN4CCN(c5cc(Cl)cc(Cl)c5)CC4)cccc3C2S)C(=O)N1. The molecule has 2 aromatic rings. The Morgan fingerprint density at radius 3 is 2.45 bits per heavy atom. The van der Waals surface area contributed by atoms with Crippen molar-refractivity contribution in [3.63, 3.8) is 0 Å². The van der Waals surface area contributed by atoms with Gasteiger partial charge >= 0.3 is 0 Å². The van der Waals surface area contributed by atoms with Crippen LogP contribution in [0.2, 0.25) is 10.0 Å². The Hall–Kier alpha value is -1.77. The number of halogens is 2. The van der Waals surface area contributed by atoms with Gasteiger partial charge in [-0.05, 0) is 41.3 Å². The molecule has 3 aliphatic rings. The minimum absolute atomic E-state index is 0.145. The van der Waals surface area contributed by atoms with Crippen LogP contribution in [0.15, 0.2) is 36.4 Å². The molecular formula is C24H26Cl2N4O2S. The van der Waals surface area contributed by atoms with Crippen molar-refractivity contribution < 1.29 is 9.59 Å². The summed E-state index contributed by atoms with van der Waals surface area (Å²) in [6.45, 7) is 5.22. The van der Waals surface area contributed by atoms with Gasteiger partial charge in [0.2, 0.25) is 11.8 Å². The number of piperazine rings is 1. The van der Waals surface area contributed by atoms with E-state index in [1.807, 2.05) is 12.1 Å². The molecule has 2 saturated heterocycles. The van der Waals surface area contributed by atoms with Gasteiger partial charge in [0.1, 0.15) is 0 Å². The lowest BCUT2D eigenvalue weighted by atomic mass is 10.0. The number of carbonyl (C=O) groups excluding carboxylic acids is 2. The van der Waals surface area contributed by atoms with Gasteiger partial charge < -0.3 is 4.90 Å². The van der Waals surface area contributed by atoms with Crippen molar-refractivity contribution in [2.45, 2.75) is 37.3 Å². The van der Waals surface area contributed by atoms with Crippen LogP contribution in [-0.2, 0) is 22.7 Å². The number of fused-ring (bicyclic) bond motifs is 1. The molecule has 2 fully saturated rings. The molecule has 2 atom stereocenters. The molecule has 3 heterocycles. The topological polar surface area (TPSA) is 55.9 Å². The molecule has 0 radical (unpaired) electrons. The van der Waals surface area contributed by atoms with Gasteiger partial charge in [-0.1, -0.05) is 41.4 Å². The third kappa shape index (κ3) is 4.75. The molecule has 174 valence electrons. The summed E-state index contributed by atoms with van der Waals surface area (Å²) in [6.07, 6.45) is 0.916. The molecule has 0 aliphatic carbocycles. The number of amides is 2. The molecule has 5 rings (SSSR count). The predicted octanol–water partition coefficient (Wildman–Crippen LogP) is 3.86. The summed E-state index contributed by atoms with van der Waals surface area (Å²) < 4.78 is 0. The summed E-state index contributed by atoms with van der Waals surface area (Å²) in [7, 11) is 0. The number of anilines is 1. The first kappa shape index (κ1) is 23.0. The number of imide groups is 1. The highest BCUT2D eigenvalue weighted by atomic mass is 35.5. The average Bonchev–Trinajstić information content (AvgIpc) is 3.11. The van der Waals surface area contributed by atoms with E-state index in [2.05, 4.69) is 38.2 Å². The number of hydrogen-bond donors (Lipinski definition) is 2. The maximum absolute atomic E-state index is 12.4. The lowest BCUT2D eigenvalue weighted by Crippen LogP contribution is -2.51. The Kier molecular flexibility index (Phi) is 6.60. The summed E-state index contributed by atoms with van der Waals surface area (Å²) in [4.78, 5) is 30.9. The van der Waals surface area contributed by atoms with Gasteiger partial charge in [0, 0.05) is 61.4 Å². The second kappa shape index (κ2) is 9.47. The van der Waals surface area contributed by atoms with Crippen molar-refractivity contribution in [1.82, 2.24) is 15.1 Å². The quantitative estimate of drug-likeness (QED) is 0.488. The fraction of sp³-hybridized carbons (Fsp3) is 0.417. The maximum Gasteiger partial charge on any atom is 0.243 e. The molecule has 33 heavy (non-hydrogen) atoms. The highest BCUT2D eigenvalue weighted by Gasteiger charge is 2.39. The summed E-state index contributed by atoms with van der Waals surface area (Å²) >= 11 is 17.2. The number of piperidine rings is 1. The second-order valence-corrected chi connectivity index (χ2v) is 10.3. The Balaban J connectivity index is 1.26. The van der Waals surface area contributed by atoms with Crippen LogP contribution in [0.3, 0.4) is 0 Å². The molecule has 0 aromatic heterocycles. The molecule has 0 saturated carbocycles. The zero-order valence-electron chi connectivity index (χ0n) is 18.1. The lowest BCUT2D eigenvalue weighted by molar-refractivity contribution is -0.137. The molecule has 2 aromatic carbocycles. The lowest BCUT2D eigenvalue weighted by Gasteiger charge is -2.36. The molecule has 0 spiro atoms. The van der Waals surface area contributed by atoms with Crippen LogP contribution in [0.5, 0.6) is 0 Å². The van der Waals surface area contributed by atoms with Crippen molar-refractivity contribution in [2.75, 3.05) is 31.1 Å². The standard InChI is InChI=1S/C24H26Cl2N4O2S/c25-16-10-17(26)12-18(11-16)29-8-6-28(7-9-29)13-15-2-1-3-19-20(15)14-30(24(19)33)21-4-5-22(31)27-23(21)32/h1-3,10-12,21,24,33H,4-9,13-14H2,(H,27,31,32). The first-order valence-electron chi connectivity index (χ1n) is 11.2. The highest BCUT2D eigenvalue weighted by molar-refractivity contribution is 7.80. The summed E-state index contributed by atoms with van der Waals surface area (Å²) in [5.41, 5.74) is 4.75. The van der Waals surface area contributed by atoms with Crippen molar-refractivity contribution >= 4 is 53.3 Å². The smallest absolute Gasteiger partial charge is 0.243 e. The van der Waals surface area contributed by atoms with E-state index in [1.54, 1.807) is 6.07 Å². The molecule has 0 bridgehead atoms. The van der Waals surface area contributed by atoms with Crippen molar-refractivity contribution in [1.29, 1.82) is 0 Å². The van der Waals surface area contributed by atoms with E-state index >= 15 is 0 Å². The van der Waals surface area contributed by atoms with E-state index in [1.165, 1.54) is 11.1 Å². The van der Waals surface area contributed by atoms with Crippen LogP contribution in [-0.4, -0.2) is 53.8 Å². The van der Waals surface area contributed by atoms with Crippen molar-refractivity contribution in [2.24, 2.45) is 0 Å². The Morgan fingerprint density at radius 2 is 1.76 bits per heavy atom. The summed E-state index contributed by atoms with van der Waals surface area (Å²) in [5.74, 6) is -0.402. The zero-order chi connectivity index (χ0) is 23.1. The van der Waals surface area contributed by atoms with E-state index in [0.717, 1.165) is 44.0 Å². The van der Waals surface area contributed by atoms with Gasteiger partial charge in [-0.15, -0.1) is 0 Å². The van der Waals surface area contributed by atoms with Crippen LogP contribution in [0.25, 0.3) is 0 Å². The van der Waals surface area contributed by atoms with E-state index in [9.17, 15) is 9.59 Å². The molecular weight excluding hydrogens is 479 g/mol. The van der Waals surface area contributed by atoms with Crippen LogP contribution in [0, 0.1) is 0 Å². The number of thiol groups is 1. The molecule has 2 amide bonds. The number of carbonyl (C=O) groups is 2. The van der Waals surface area contributed by atoms with Gasteiger partial charge in [-0.2, -0.15) is 12.6 Å². The number of nitrogens with zero attached hydrogens (tertiary/aromatic N) is 3. The van der Waals surface area contributed by atoms with Gasteiger partial charge in [0.25, 0.3) is 0 Å². The largest absolute Gasteiger partial charge is 0.369 e. The van der Waals surface area contributed by atoms with Gasteiger partial charge in [-0.25, -0.2) is 0 Å². The highest BCUT2D eigenvalue weighted by Crippen LogP contribution is 2.41. The first-order chi connectivity index (χ1) is 15.9. The van der Waals surface area contributed by atoms with E-state index < -0.39 is 0 Å². The summed E-state index contributed by atoms with van der Waals surface area (Å²) in [6, 6.07) is 11.7. The average molecular weight is 505 g/mol. The zero-order valence-corrected chi connectivity index (χ0v) is 20.5. The fourth-order valence-corrected chi connectivity index (χ4v) is 6.09. The monoisotopic (exact) mass is 504 g/mol. The van der Waals surface area contributed by atoms with Crippen LogP contribution in [0.4, 0.5) is 5.69 Å². The van der Waals surface area contributed by atoms with Crippen LogP contribution >= 0.6 is 35.8 Å². The van der Waals surface area contributed by atoms with Crippen molar-refractivity contribution in [3.8, 4) is 0 Å². The molecule has 3 aliphatic heterocycles. The van der Waals surface area contributed by atoms with E-state index in [4.69, 9.17) is 35.8 Å². The number of benzene rings is 2. The van der Waals surface area contributed by atoms with Crippen LogP contribution in [0.1, 0.15) is 34.9 Å². The van der Waals surface area contributed by atoms with Crippen molar-refractivity contribution in [3.05, 3.63) is 63.1 Å². The Morgan fingerprint density at radius 1 is 1.03 bits per heavy atom. The number of rotatable bonds is 4. The van der Waals surface area contributed by atoms with Gasteiger partial charge in [0.15, 0.2) is 0 Å². The minimum atomic E-state index is -0.321. The minimum Gasteiger partial charge on any atom is -0.369 e. The number of hydrogen-bond acceptors (Lipinski definition) is 6. The Bertz CT molecular complexity index is 1070. The molecule has 9 heteroatoms. The van der Waals surface area contributed by atoms with Crippen LogP contribution < -0.4 is 10.2 Å². The van der Waals surface area contributed by atoms with Gasteiger partial charge in [-0.3, -0.25) is 24.7 Å². The maximum atomic E-state index is 12.4. The third-order valence-electron chi connectivity index (χ3n) is 6.83. The number of nitrogens with one attached hydrogen (secondary N) is 1. The normalized spacial score (nSPS) is 24.2. The summed E-state index contributed by atoms with van der Waals surface area (Å²) in [5, 5.41) is 3.64. The molecule has 2 unspecified atom stereocenters. The van der Waals surface area contributed by atoms with E-state index in [-0.39, 0.29) is 23.2 Å². The Labute approximate surface area is 209 Å². The molecule has 6 nitrogen and oxygen atoms in total. The third-order valence-corrected chi connectivity index (χ3v) is 7.84. The van der Waals surface area contributed by atoms with Gasteiger partial charge in [0.05, 0.1) is 11.4 Å².